The third kappa shape index (κ3) is 4.60. The van der Waals surface area contributed by atoms with E-state index in [2.05, 4.69) is 15.9 Å². The number of benzene rings is 2. The number of rotatable bonds is 5. The van der Waals surface area contributed by atoms with Gasteiger partial charge < -0.3 is 0 Å². The first-order valence-corrected chi connectivity index (χ1v) is 9.56. The van der Waals surface area contributed by atoms with Crippen molar-refractivity contribution in [3.8, 4) is 6.07 Å². The molecule has 21 heavy (non-hydrogen) atoms. The number of hydrogen-bond acceptors (Lipinski definition) is 4. The SMILES string of the molecule is N#Cc1cccc(S(=O)(=O)CCSc2cccc(Br)c2)c1. The molecule has 0 aliphatic carbocycles. The number of nitrogens with zero attached hydrogens (tertiary/aromatic N) is 1. The van der Waals surface area contributed by atoms with Crippen LogP contribution in [0.15, 0.2) is 62.8 Å². The summed E-state index contributed by atoms with van der Waals surface area (Å²) in [6.45, 7) is 0. The van der Waals surface area contributed by atoms with Gasteiger partial charge in [-0.2, -0.15) is 5.26 Å². The van der Waals surface area contributed by atoms with Gasteiger partial charge in [-0.05, 0) is 36.4 Å². The monoisotopic (exact) mass is 381 g/mol. The van der Waals surface area contributed by atoms with Gasteiger partial charge in [-0.3, -0.25) is 0 Å². The molecule has 0 heterocycles. The third-order valence-corrected chi connectivity index (χ3v) is 6.20. The van der Waals surface area contributed by atoms with Crippen LogP contribution in [0, 0.1) is 11.3 Å². The Morgan fingerprint density at radius 1 is 1.14 bits per heavy atom. The summed E-state index contributed by atoms with van der Waals surface area (Å²) in [5.41, 5.74) is 0.357. The molecule has 0 aromatic heterocycles. The molecule has 0 unspecified atom stereocenters. The van der Waals surface area contributed by atoms with Crippen molar-refractivity contribution in [3.05, 3.63) is 58.6 Å². The van der Waals surface area contributed by atoms with E-state index in [4.69, 9.17) is 5.26 Å². The van der Waals surface area contributed by atoms with Crippen molar-refractivity contribution in [3.63, 3.8) is 0 Å². The zero-order valence-electron chi connectivity index (χ0n) is 11.0. The van der Waals surface area contributed by atoms with Crippen LogP contribution in [-0.4, -0.2) is 19.9 Å². The predicted molar refractivity (Wildman–Crippen MR) is 88.1 cm³/mol. The Morgan fingerprint density at radius 2 is 1.90 bits per heavy atom. The van der Waals surface area contributed by atoms with Gasteiger partial charge in [-0.25, -0.2) is 8.42 Å². The number of thioether (sulfide) groups is 1. The fourth-order valence-electron chi connectivity index (χ4n) is 1.70. The molecule has 3 nitrogen and oxygen atoms in total. The molecular weight excluding hydrogens is 370 g/mol. The van der Waals surface area contributed by atoms with Gasteiger partial charge >= 0.3 is 0 Å². The van der Waals surface area contributed by atoms with Crippen LogP contribution in [0.3, 0.4) is 0 Å². The van der Waals surface area contributed by atoms with Crippen LogP contribution in [0.25, 0.3) is 0 Å². The number of hydrogen-bond donors (Lipinski definition) is 0. The predicted octanol–water partition coefficient (Wildman–Crippen LogP) is 3.89. The van der Waals surface area contributed by atoms with E-state index in [0.29, 0.717) is 11.3 Å². The molecule has 0 aliphatic rings. The number of halogens is 1. The lowest BCUT2D eigenvalue weighted by Crippen LogP contribution is -2.09. The topological polar surface area (TPSA) is 57.9 Å². The normalized spacial score (nSPS) is 11.0. The van der Waals surface area contributed by atoms with E-state index in [1.54, 1.807) is 12.1 Å². The molecule has 108 valence electrons. The van der Waals surface area contributed by atoms with Crippen molar-refractivity contribution < 1.29 is 8.42 Å². The third-order valence-electron chi connectivity index (χ3n) is 2.74. The molecule has 0 spiro atoms. The highest BCUT2D eigenvalue weighted by Gasteiger charge is 2.14. The number of sulfone groups is 1. The highest BCUT2D eigenvalue weighted by Crippen LogP contribution is 2.23. The summed E-state index contributed by atoms with van der Waals surface area (Å²) in [5, 5.41) is 8.83. The van der Waals surface area contributed by atoms with Crippen LogP contribution in [0.2, 0.25) is 0 Å². The van der Waals surface area contributed by atoms with Gasteiger partial charge in [0.15, 0.2) is 9.84 Å². The second kappa shape index (κ2) is 7.12. The van der Waals surface area contributed by atoms with Crippen molar-refractivity contribution in [2.75, 3.05) is 11.5 Å². The van der Waals surface area contributed by atoms with Crippen LogP contribution >= 0.6 is 27.7 Å². The molecule has 2 aromatic carbocycles. The van der Waals surface area contributed by atoms with E-state index in [-0.39, 0.29) is 10.6 Å². The second-order valence-corrected chi connectivity index (χ2v) is 8.46. The summed E-state index contributed by atoms with van der Waals surface area (Å²) >= 11 is 4.88. The first-order chi connectivity index (χ1) is 10.0. The maximum Gasteiger partial charge on any atom is 0.179 e. The fourth-order valence-corrected chi connectivity index (χ4v) is 4.91. The minimum atomic E-state index is -3.36. The summed E-state index contributed by atoms with van der Waals surface area (Å²) < 4.78 is 25.4. The maximum absolute atomic E-state index is 12.2. The molecule has 0 atom stereocenters. The molecule has 0 saturated heterocycles. The molecule has 0 bridgehead atoms. The molecule has 0 fully saturated rings. The van der Waals surface area contributed by atoms with Gasteiger partial charge in [0, 0.05) is 15.1 Å². The van der Waals surface area contributed by atoms with Gasteiger partial charge in [0.2, 0.25) is 0 Å². The summed E-state index contributed by atoms with van der Waals surface area (Å²) in [5.74, 6) is 0.509. The van der Waals surface area contributed by atoms with Gasteiger partial charge in [-0.15, -0.1) is 11.8 Å². The first kappa shape index (κ1) is 16.1. The Bertz CT molecular complexity index is 782. The van der Waals surface area contributed by atoms with E-state index in [9.17, 15) is 8.42 Å². The molecule has 0 aliphatic heterocycles. The quantitative estimate of drug-likeness (QED) is 0.737. The average molecular weight is 382 g/mol. The van der Waals surface area contributed by atoms with Crippen LogP contribution in [0.5, 0.6) is 0 Å². The lowest BCUT2D eigenvalue weighted by atomic mass is 10.2. The molecular formula is C15H12BrNO2S2. The Labute approximate surface area is 137 Å². The fraction of sp³-hybridized carbons (Fsp3) is 0.133. The smallest absolute Gasteiger partial charge is 0.179 e. The van der Waals surface area contributed by atoms with Crippen molar-refractivity contribution >= 4 is 37.5 Å². The minimum Gasteiger partial charge on any atom is -0.224 e. The highest BCUT2D eigenvalue weighted by molar-refractivity contribution is 9.10. The molecule has 0 saturated carbocycles. The van der Waals surface area contributed by atoms with Crippen LogP contribution in [0.1, 0.15) is 5.56 Å². The lowest BCUT2D eigenvalue weighted by molar-refractivity contribution is 0.597. The van der Waals surface area contributed by atoms with Gasteiger partial charge in [0.05, 0.1) is 22.3 Å². The van der Waals surface area contributed by atoms with Crippen LogP contribution in [-0.2, 0) is 9.84 Å². The molecule has 2 rings (SSSR count). The van der Waals surface area contributed by atoms with Gasteiger partial charge in [0.1, 0.15) is 0 Å². The largest absolute Gasteiger partial charge is 0.224 e. The van der Waals surface area contributed by atoms with Crippen LogP contribution in [0.4, 0.5) is 0 Å². The summed E-state index contributed by atoms with van der Waals surface area (Å²) in [6.07, 6.45) is 0. The van der Waals surface area contributed by atoms with E-state index < -0.39 is 9.84 Å². The first-order valence-electron chi connectivity index (χ1n) is 6.12. The minimum absolute atomic E-state index is 0.0407. The number of nitriles is 1. The van der Waals surface area contributed by atoms with Crippen molar-refractivity contribution in [2.45, 2.75) is 9.79 Å². The summed E-state index contributed by atoms with van der Waals surface area (Å²) in [7, 11) is -3.36. The average Bonchev–Trinajstić information content (AvgIpc) is 2.47. The van der Waals surface area contributed by atoms with Gasteiger partial charge in [-0.1, -0.05) is 28.1 Å². The standard InChI is InChI=1S/C15H12BrNO2S2/c16-13-4-2-5-14(10-13)20-7-8-21(18,19)15-6-1-3-12(9-15)11-17/h1-6,9-10H,7-8H2. The highest BCUT2D eigenvalue weighted by atomic mass is 79.9. The zero-order chi connectivity index (χ0) is 15.3. The molecule has 2 aromatic rings. The van der Waals surface area contributed by atoms with Crippen molar-refractivity contribution in [2.24, 2.45) is 0 Å². The molecule has 0 N–H and O–H groups in total. The zero-order valence-corrected chi connectivity index (χ0v) is 14.2. The van der Waals surface area contributed by atoms with Crippen molar-refractivity contribution in [1.82, 2.24) is 0 Å². The van der Waals surface area contributed by atoms with E-state index >= 15 is 0 Å². The Kier molecular flexibility index (Phi) is 5.45. The Balaban J connectivity index is 2.03. The molecule has 0 amide bonds. The molecule has 0 radical (unpaired) electrons. The second-order valence-electron chi connectivity index (χ2n) is 4.26. The van der Waals surface area contributed by atoms with Crippen molar-refractivity contribution in [1.29, 1.82) is 5.26 Å². The molecule has 6 heteroatoms. The van der Waals surface area contributed by atoms with Gasteiger partial charge in [0.25, 0.3) is 0 Å². The maximum atomic E-state index is 12.2. The lowest BCUT2D eigenvalue weighted by Gasteiger charge is -2.05. The Hall–Kier alpha value is -1.29. The van der Waals surface area contributed by atoms with Crippen LogP contribution < -0.4 is 0 Å². The Morgan fingerprint density at radius 3 is 2.62 bits per heavy atom. The van der Waals surface area contributed by atoms with E-state index in [1.807, 2.05) is 30.3 Å². The van der Waals surface area contributed by atoms with E-state index in [0.717, 1.165) is 9.37 Å². The summed E-state index contributed by atoms with van der Waals surface area (Å²) in [4.78, 5) is 1.22. The van der Waals surface area contributed by atoms with E-state index in [1.165, 1.54) is 23.9 Å². The summed E-state index contributed by atoms with van der Waals surface area (Å²) in [6, 6.07) is 15.8.